The summed E-state index contributed by atoms with van der Waals surface area (Å²) < 4.78 is 33.2. The molecule has 0 aliphatic carbocycles. The third-order valence-corrected chi connectivity index (χ3v) is 0. The normalized spacial score (nSPS) is 1.17. The van der Waals surface area contributed by atoms with Gasteiger partial charge in [0.25, 0.3) is 0 Å². The number of rotatable bonds is 0. The molecule has 4 nitrogen and oxygen atoms in total. The second kappa shape index (κ2) is 167. The fourth-order valence-electron chi connectivity index (χ4n) is 0. The number of hydrogen-bond donors (Lipinski definition) is 0. The van der Waals surface area contributed by atoms with E-state index in [0.29, 0.717) is 77.5 Å². The van der Waals surface area contributed by atoms with Crippen LogP contribution in [0.2, 0.25) is 0 Å². The summed E-state index contributed by atoms with van der Waals surface area (Å²) in [6.45, 7) is 0. The predicted molar refractivity (Wildman–Crippen MR) is 28.6 cm³/mol. The van der Waals surface area contributed by atoms with Crippen molar-refractivity contribution in [1.29, 1.82) is 0 Å². The molecule has 0 amide bonds. The minimum absolute atomic E-state index is 0. The summed E-state index contributed by atoms with van der Waals surface area (Å²) in [4.78, 5) is 0. The van der Waals surface area contributed by atoms with Crippen LogP contribution in [0.5, 0.6) is 0 Å². The van der Waals surface area contributed by atoms with Crippen LogP contribution in [0.4, 0.5) is 0 Å². The minimum Gasteiger partial charge on any atom is 0 e. The van der Waals surface area contributed by atoms with E-state index in [1.54, 1.807) is 0 Å². The molecule has 0 bridgehead atoms. The molecule has 48 valence electrons. The zero-order valence-corrected chi connectivity index (χ0v) is 27.3. The summed E-state index contributed by atoms with van der Waals surface area (Å²) in [5, 5.41) is 0. The molecule has 0 aromatic rings. The molecule has 12 heteroatoms. The van der Waals surface area contributed by atoms with Crippen molar-refractivity contribution in [3.8, 4) is 0 Å². The Morgan fingerprint density at radius 3 is 0.500 bits per heavy atom. The van der Waals surface area contributed by atoms with Gasteiger partial charge in [-0.1, -0.05) is 0 Å². The van der Waals surface area contributed by atoms with E-state index in [2.05, 4.69) is 0 Å². The van der Waals surface area contributed by atoms with Crippen molar-refractivity contribution in [1.82, 2.24) is 0 Å². The van der Waals surface area contributed by atoms with Crippen molar-refractivity contribution in [2.75, 3.05) is 0 Å². The third kappa shape index (κ3) is 135. The molecule has 0 saturated carbocycles. The summed E-state index contributed by atoms with van der Waals surface area (Å²) in [5.41, 5.74) is 0. The van der Waals surface area contributed by atoms with Crippen LogP contribution in [0.3, 0.4) is 0 Å². The average molecular weight is 619 g/mol. The van der Waals surface area contributed by atoms with Crippen LogP contribution in [0.15, 0.2) is 0 Å². The fraction of sp³-hybridized carbons (Fsp3) is 0. The van der Waals surface area contributed by atoms with Gasteiger partial charge >= 0.3 is 91.2 Å². The van der Waals surface area contributed by atoms with Crippen molar-refractivity contribution in [2.24, 2.45) is 0 Å². The Kier molecular flexibility index (Phi) is 768. The van der Waals surface area contributed by atoms with Crippen LogP contribution in [0, 0.1) is 0 Å². The van der Waals surface area contributed by atoms with Gasteiger partial charge in [0.15, 0.2) is 0 Å². The molecule has 12 heavy (non-hydrogen) atoms. The average Bonchev–Trinajstić information content (AvgIpc) is 2.03. The van der Waals surface area contributed by atoms with Crippen LogP contribution in [-0.4, -0.2) is 77.5 Å². The zero-order valence-electron chi connectivity index (χ0n) is 6.88. The summed E-state index contributed by atoms with van der Waals surface area (Å²) in [7, 11) is 0. The molecule has 0 spiro atoms. The summed E-state index contributed by atoms with van der Waals surface area (Å²) in [6, 6.07) is 0. The molecule has 4 radical (unpaired) electrons. The van der Waals surface area contributed by atoms with Gasteiger partial charge in [0.05, 0.1) is 0 Å². The Bertz CT molecular complexity index is 31.0. The molecule has 0 saturated heterocycles. The zero-order chi connectivity index (χ0) is 8.00. The van der Waals surface area contributed by atoms with Crippen LogP contribution in [0.25, 0.3) is 0 Å². The maximum atomic E-state index is 8.34. The Morgan fingerprint density at radius 1 is 0.500 bits per heavy atom. The first kappa shape index (κ1) is 55.2. The molecule has 0 aliphatic rings. The van der Waals surface area contributed by atoms with Gasteiger partial charge in [-0.05, 0) is 0 Å². The van der Waals surface area contributed by atoms with Gasteiger partial charge in [-0.25, -0.2) is 0 Å². The van der Waals surface area contributed by atoms with Crippen LogP contribution in [0.1, 0.15) is 0 Å². The first-order valence-corrected chi connectivity index (χ1v) is 4.47. The molecule has 0 rings (SSSR count). The van der Waals surface area contributed by atoms with E-state index in [0.717, 1.165) is 0 Å². The second-order valence-corrected chi connectivity index (χ2v) is 0. The maximum Gasteiger partial charge on any atom is 0 e. The first-order chi connectivity index (χ1) is 4.00. The molecule has 0 aromatic carbocycles. The van der Waals surface area contributed by atoms with Gasteiger partial charge in [0, 0.05) is 77.9 Å². The second-order valence-electron chi connectivity index (χ2n) is 0. The quantitative estimate of drug-likeness (QED) is 0.281. The van der Waals surface area contributed by atoms with Gasteiger partial charge < -0.3 is 0 Å². The molecule has 0 unspecified atom stereocenters. The summed E-state index contributed by atoms with van der Waals surface area (Å²) >= 11 is 1.82. The monoisotopic (exact) mass is 615 g/mol. The molecule has 0 atom stereocenters. The predicted octanol–water partition coefficient (Wildman–Crippen LogP) is -2.54. The Morgan fingerprint density at radius 2 is 0.500 bits per heavy atom. The van der Waals surface area contributed by atoms with Crippen molar-refractivity contribution in [2.45, 2.75) is 0 Å². The molecule has 0 aromatic heterocycles. The van der Waals surface area contributed by atoms with Crippen molar-refractivity contribution >= 4 is 77.5 Å². The van der Waals surface area contributed by atoms with Gasteiger partial charge in [-0.3, -0.25) is 0 Å². The molecular weight excluding hydrogens is 617 g/mol. The van der Waals surface area contributed by atoms with Gasteiger partial charge in [0.2, 0.25) is 0 Å². The van der Waals surface area contributed by atoms with E-state index >= 15 is 0 Å². The minimum atomic E-state index is 0. The molecule has 0 heterocycles. The van der Waals surface area contributed by atoms with E-state index in [-0.39, 0.29) is 77.9 Å². The fourth-order valence-corrected chi connectivity index (χ4v) is 0. The standard InChI is InChI=1S/2Al.4O.2Sn.4Zn.2H. The Balaban J connectivity index is -0.00000000267. The van der Waals surface area contributed by atoms with Gasteiger partial charge in [-0.2, -0.15) is 0 Å². The summed E-state index contributed by atoms with van der Waals surface area (Å²) in [5.74, 6) is 0. The molecular formula is H2Al2O4Sn2Zn4. The van der Waals surface area contributed by atoms with E-state index in [1.807, 2.05) is 0 Å². The van der Waals surface area contributed by atoms with Crippen molar-refractivity contribution in [3.63, 3.8) is 0 Å². The Labute approximate surface area is 166 Å². The number of hydrogen-bond acceptors (Lipinski definition) is 4. The van der Waals surface area contributed by atoms with Crippen LogP contribution in [-0.2, 0) is 91.7 Å². The molecule has 0 N–H and O–H groups in total. The molecule has 0 fully saturated rings. The van der Waals surface area contributed by atoms with E-state index in [9.17, 15) is 0 Å². The van der Waals surface area contributed by atoms with E-state index in [4.69, 9.17) is 13.8 Å². The topological polar surface area (TPSA) is 68.3 Å². The Hall–Kier alpha value is 4.36. The van der Waals surface area contributed by atoms with E-state index < -0.39 is 0 Å². The van der Waals surface area contributed by atoms with Gasteiger partial charge in [0.1, 0.15) is 0 Å². The summed E-state index contributed by atoms with van der Waals surface area (Å²) in [6.07, 6.45) is 0. The van der Waals surface area contributed by atoms with E-state index in [1.165, 1.54) is 0 Å². The maximum absolute atomic E-state index is 8.34. The smallest absolute Gasteiger partial charge is 0 e. The van der Waals surface area contributed by atoms with Crippen molar-refractivity contribution in [3.05, 3.63) is 0 Å². The largest absolute Gasteiger partial charge is 0 e. The first-order valence-electron chi connectivity index (χ1n) is 0.986. The van der Waals surface area contributed by atoms with Crippen LogP contribution >= 0.6 is 0 Å². The SMILES string of the molecule is [O]=[AlH].[O]=[AlH].[O]=[Sn].[O]=[Sn].[Zn].[Zn].[Zn].[Zn]. The molecule has 0 aliphatic heterocycles. The third-order valence-electron chi connectivity index (χ3n) is 0. The van der Waals surface area contributed by atoms with Crippen LogP contribution < -0.4 is 0 Å². The van der Waals surface area contributed by atoms with Gasteiger partial charge in [-0.15, -0.1) is 0 Å². The van der Waals surface area contributed by atoms with Crippen molar-refractivity contribution < 1.29 is 91.7 Å².